The van der Waals surface area contributed by atoms with E-state index in [0.29, 0.717) is 5.33 Å². The van der Waals surface area contributed by atoms with Gasteiger partial charge in [0.25, 0.3) is 0 Å². The largest absolute Gasteiger partial charge is 0.479 e. The van der Waals surface area contributed by atoms with Crippen LogP contribution in [0.15, 0.2) is 0 Å². The summed E-state index contributed by atoms with van der Waals surface area (Å²) in [5.74, 6) is -1.48. The van der Waals surface area contributed by atoms with Crippen molar-refractivity contribution in [1.29, 1.82) is 5.26 Å². The summed E-state index contributed by atoms with van der Waals surface area (Å²) in [4.78, 5) is 35.6. The lowest BCUT2D eigenvalue weighted by molar-refractivity contribution is -0.150. The van der Waals surface area contributed by atoms with Crippen LogP contribution in [-0.4, -0.2) is 74.9 Å². The molecule has 11 heteroatoms. The van der Waals surface area contributed by atoms with Gasteiger partial charge in [-0.1, -0.05) is 15.9 Å². The van der Waals surface area contributed by atoms with Crippen LogP contribution in [-0.2, 0) is 19.1 Å². The summed E-state index contributed by atoms with van der Waals surface area (Å²) in [5.41, 5.74) is 0. The van der Waals surface area contributed by atoms with E-state index in [2.05, 4.69) is 21.2 Å². The lowest BCUT2D eigenvalue weighted by Crippen LogP contribution is -2.72. The van der Waals surface area contributed by atoms with Crippen LogP contribution in [0.25, 0.3) is 0 Å². The number of ether oxygens (including phenoxy) is 1. The van der Waals surface area contributed by atoms with E-state index in [4.69, 9.17) is 27.3 Å². The van der Waals surface area contributed by atoms with Crippen LogP contribution < -0.4 is 5.32 Å². The number of carboxylic acids is 1. The molecule has 23 heavy (non-hydrogen) atoms. The van der Waals surface area contributed by atoms with E-state index < -0.39 is 18.6 Å². The van der Waals surface area contributed by atoms with Crippen molar-refractivity contribution in [3.05, 3.63) is 0 Å². The molecule has 1 rings (SSSR count). The van der Waals surface area contributed by atoms with E-state index in [9.17, 15) is 14.4 Å². The molecular weight excluding hydrogens is 410 g/mol. The molecule has 126 valence electrons. The first-order valence-corrected chi connectivity index (χ1v) is 9.07. The third-order valence-corrected chi connectivity index (χ3v) is 4.57. The fourth-order valence-corrected chi connectivity index (χ4v) is 3.24. The molecule has 2 atom stereocenters. The molecule has 0 bridgehead atoms. The summed E-state index contributed by atoms with van der Waals surface area (Å²) in [6, 6.07) is 0.959. The average Bonchev–Trinajstić information content (AvgIpc) is 2.51. The molecule has 0 aromatic rings. The summed E-state index contributed by atoms with van der Waals surface area (Å²) in [6.07, 6.45) is 0. The maximum absolute atomic E-state index is 12.1. The predicted molar refractivity (Wildman–Crippen MR) is 90.3 cm³/mol. The Morgan fingerprint density at radius 1 is 1.57 bits per heavy atom. The monoisotopic (exact) mass is 423 g/mol. The molecule has 0 saturated carbocycles. The number of nitriles is 1. The third kappa shape index (κ3) is 5.96. The number of amides is 2. The Balaban J connectivity index is 2.46. The number of likely N-dealkylation sites (tertiary alicyclic amines) is 1. The number of alkyl halides is 1. The molecule has 0 spiro atoms. The van der Waals surface area contributed by atoms with Crippen LogP contribution in [0, 0.1) is 11.3 Å². The Labute approximate surface area is 150 Å². The quantitative estimate of drug-likeness (QED) is 0.225. The van der Waals surface area contributed by atoms with Gasteiger partial charge in [0.1, 0.15) is 6.04 Å². The first-order chi connectivity index (χ1) is 10.9. The fourth-order valence-electron chi connectivity index (χ4n) is 1.86. The van der Waals surface area contributed by atoms with Crippen molar-refractivity contribution in [1.82, 2.24) is 10.2 Å². The minimum atomic E-state index is -1.15. The molecule has 0 aromatic carbocycles. The van der Waals surface area contributed by atoms with Crippen molar-refractivity contribution >= 4 is 62.7 Å². The van der Waals surface area contributed by atoms with Crippen LogP contribution >= 0.6 is 39.9 Å². The number of carbonyl (C=O) groups excluding carboxylic acids is 2. The Bertz CT molecular complexity index is 539. The minimum Gasteiger partial charge on any atom is -0.479 e. The molecule has 0 radical (unpaired) electrons. The highest BCUT2D eigenvalue weighted by molar-refractivity contribution is 9.09. The number of rotatable bonds is 9. The summed E-state index contributed by atoms with van der Waals surface area (Å²) in [6.45, 7) is -0.566. The molecule has 1 saturated heterocycles. The number of aliphatic carboxylic acids is 1. The number of halogens is 1. The molecule has 0 aromatic heterocycles. The first kappa shape index (κ1) is 19.7. The van der Waals surface area contributed by atoms with E-state index in [0.717, 1.165) is 11.8 Å². The average molecular weight is 424 g/mol. The highest BCUT2D eigenvalue weighted by Crippen LogP contribution is 2.22. The number of nitrogens with zero attached hydrogens (tertiary/aromatic N) is 2. The Hall–Kier alpha value is -1.38. The maximum atomic E-state index is 12.1. The number of carboxylic acid groups (broad SMARTS) is 1. The third-order valence-electron chi connectivity index (χ3n) is 2.86. The zero-order chi connectivity index (χ0) is 17.4. The second-order valence-electron chi connectivity index (χ2n) is 4.44. The number of β-lactam (4-membered cyclic amide) rings is 1. The molecule has 1 aliphatic rings. The summed E-state index contributed by atoms with van der Waals surface area (Å²) in [7, 11) is 0. The van der Waals surface area contributed by atoms with Crippen LogP contribution in [0.1, 0.15) is 0 Å². The smallest absolute Gasteiger partial charge is 0.341 e. The molecule has 1 fully saturated rings. The van der Waals surface area contributed by atoms with Gasteiger partial charge in [-0.15, -0.1) is 11.8 Å². The topological polar surface area (TPSA) is 120 Å². The van der Waals surface area contributed by atoms with Crippen LogP contribution in [0.2, 0.25) is 0 Å². The number of carbonyl (C=O) groups is 3. The standard InChI is InChI=1S/C12H14BrN3O5S2/c13-3-7-11(15-8(17)6-23-2-1-14)12(20)16(7)4-10(22)21-5-9(18)19/h7,11H,2-6H2,(H,15,17)(H,18,19)/t7-,11+/m0/s1. The molecule has 1 heterocycles. The predicted octanol–water partition coefficient (Wildman–Crippen LogP) is -0.238. The fraction of sp³-hybridized carbons (Fsp3) is 0.583. The van der Waals surface area contributed by atoms with Gasteiger partial charge in [-0.25, -0.2) is 4.79 Å². The summed E-state index contributed by atoms with van der Waals surface area (Å²) >= 11 is 9.32. The minimum absolute atomic E-state index is 0.000974. The van der Waals surface area contributed by atoms with Crippen molar-refractivity contribution in [3.63, 3.8) is 0 Å². The summed E-state index contributed by atoms with van der Waals surface area (Å²) < 4.78 is 4.83. The van der Waals surface area contributed by atoms with Gasteiger partial charge in [0.15, 0.2) is 11.7 Å². The van der Waals surface area contributed by atoms with Gasteiger partial charge in [0.05, 0.1) is 30.2 Å². The molecular formula is C12H14BrN3O5S2. The van der Waals surface area contributed by atoms with Gasteiger partial charge in [-0.3, -0.25) is 9.59 Å². The van der Waals surface area contributed by atoms with Gasteiger partial charge < -0.3 is 20.1 Å². The second kappa shape index (κ2) is 9.69. The van der Waals surface area contributed by atoms with Gasteiger partial charge in [-0.05, 0) is 12.2 Å². The lowest BCUT2D eigenvalue weighted by atomic mass is 9.97. The molecule has 1 aliphatic heterocycles. The number of nitrogens with one attached hydrogen (secondary N) is 1. The second-order valence-corrected chi connectivity index (χ2v) is 6.53. The van der Waals surface area contributed by atoms with Crippen molar-refractivity contribution in [2.24, 2.45) is 0 Å². The molecule has 2 amide bonds. The number of thiocarbonyl (C=S) groups is 1. The lowest BCUT2D eigenvalue weighted by Gasteiger charge is -2.46. The number of hydrogen-bond donors (Lipinski definition) is 2. The molecule has 0 aliphatic carbocycles. The van der Waals surface area contributed by atoms with Crippen molar-refractivity contribution in [2.45, 2.75) is 12.1 Å². The van der Waals surface area contributed by atoms with Gasteiger partial charge in [-0.2, -0.15) is 5.26 Å². The summed E-state index contributed by atoms with van der Waals surface area (Å²) in [5, 5.41) is 20.0. The van der Waals surface area contributed by atoms with Gasteiger partial charge in [0, 0.05) is 5.33 Å². The van der Waals surface area contributed by atoms with E-state index in [1.807, 2.05) is 6.07 Å². The first-order valence-electron chi connectivity index (χ1n) is 6.38. The van der Waals surface area contributed by atoms with Crippen molar-refractivity contribution < 1.29 is 24.2 Å². The molecule has 8 nitrogen and oxygen atoms in total. The Morgan fingerprint density at radius 2 is 2.26 bits per heavy atom. The molecule has 2 N–H and O–H groups in total. The number of hydrogen-bond acceptors (Lipinski definition) is 7. The van der Waals surface area contributed by atoms with E-state index >= 15 is 0 Å². The Kier molecular flexibility index (Phi) is 8.29. The van der Waals surface area contributed by atoms with Crippen LogP contribution in [0.5, 0.6) is 0 Å². The Morgan fingerprint density at radius 3 is 2.83 bits per heavy atom. The van der Waals surface area contributed by atoms with Crippen LogP contribution in [0.3, 0.4) is 0 Å². The normalized spacial score (nSPS) is 19.5. The van der Waals surface area contributed by atoms with E-state index in [-0.39, 0.29) is 41.0 Å². The van der Waals surface area contributed by atoms with Crippen molar-refractivity contribution in [2.75, 3.05) is 30.0 Å². The van der Waals surface area contributed by atoms with E-state index in [1.165, 1.54) is 4.90 Å². The van der Waals surface area contributed by atoms with Crippen molar-refractivity contribution in [3.8, 4) is 6.07 Å². The highest BCUT2D eigenvalue weighted by Gasteiger charge is 2.47. The van der Waals surface area contributed by atoms with Gasteiger partial charge >= 0.3 is 5.97 Å². The number of thioether (sulfide) groups is 1. The van der Waals surface area contributed by atoms with Crippen LogP contribution in [0.4, 0.5) is 0 Å². The highest BCUT2D eigenvalue weighted by atomic mass is 79.9. The van der Waals surface area contributed by atoms with E-state index in [1.54, 1.807) is 0 Å². The zero-order valence-corrected chi connectivity index (χ0v) is 15.1. The zero-order valence-electron chi connectivity index (χ0n) is 11.9. The maximum Gasteiger partial charge on any atom is 0.341 e. The molecule has 0 unspecified atom stereocenters. The SMILES string of the molecule is N#CCSCC(=O)N[C@H]1C(=O)N(CC(=S)OCC(=O)O)[C@H]1CBr. The van der Waals surface area contributed by atoms with Gasteiger partial charge in [0.2, 0.25) is 11.8 Å².